The van der Waals surface area contributed by atoms with Crippen molar-refractivity contribution in [1.29, 1.82) is 0 Å². The number of para-hydroxylation sites is 2. The lowest BCUT2D eigenvalue weighted by molar-refractivity contribution is -0.117. The summed E-state index contributed by atoms with van der Waals surface area (Å²) in [4.78, 5) is 13.3. The second-order valence-electron chi connectivity index (χ2n) is 7.35. The monoisotopic (exact) mass is 422 g/mol. The fourth-order valence-corrected chi connectivity index (χ4v) is 3.56. The minimum absolute atomic E-state index is 0.157. The molecule has 0 unspecified atom stereocenters. The molecule has 0 aliphatic rings. The molecule has 4 heteroatoms. The number of rotatable bonds is 8. The summed E-state index contributed by atoms with van der Waals surface area (Å²) in [6.07, 6.45) is 0. The highest BCUT2D eigenvalue weighted by molar-refractivity contribution is 5.98. The van der Waals surface area contributed by atoms with Crippen molar-refractivity contribution in [3.63, 3.8) is 0 Å². The number of benzene rings is 4. The summed E-state index contributed by atoms with van der Waals surface area (Å²) in [5.74, 6) is 0.498. The molecular formula is C28H26N2O2. The van der Waals surface area contributed by atoms with Gasteiger partial charge >= 0.3 is 0 Å². The van der Waals surface area contributed by atoms with Crippen LogP contribution in [0.2, 0.25) is 0 Å². The molecule has 0 bridgehead atoms. The van der Waals surface area contributed by atoms with Crippen LogP contribution in [0, 0.1) is 0 Å². The average Bonchev–Trinajstić information content (AvgIpc) is 2.85. The van der Waals surface area contributed by atoms with Crippen molar-refractivity contribution in [3.8, 4) is 16.9 Å². The third kappa shape index (κ3) is 5.16. The SMILES string of the molecule is CCOc1ccccc1NC(=O)[C@H](Nc1ccc(-c2ccccc2)cc1)c1ccccc1. The van der Waals surface area contributed by atoms with Crippen molar-refractivity contribution < 1.29 is 9.53 Å². The Labute approximate surface area is 188 Å². The van der Waals surface area contributed by atoms with Gasteiger partial charge < -0.3 is 15.4 Å². The molecule has 4 aromatic carbocycles. The van der Waals surface area contributed by atoms with E-state index in [0.717, 1.165) is 22.4 Å². The molecule has 1 atom stereocenters. The van der Waals surface area contributed by atoms with Gasteiger partial charge in [-0.25, -0.2) is 0 Å². The Morgan fingerprint density at radius 1 is 0.750 bits per heavy atom. The number of nitrogens with one attached hydrogen (secondary N) is 2. The van der Waals surface area contributed by atoms with Crippen LogP contribution in [0.4, 0.5) is 11.4 Å². The molecule has 1 amide bonds. The minimum Gasteiger partial charge on any atom is -0.492 e. The molecule has 0 spiro atoms. The second kappa shape index (κ2) is 10.3. The van der Waals surface area contributed by atoms with Gasteiger partial charge in [0.2, 0.25) is 0 Å². The van der Waals surface area contributed by atoms with Gasteiger partial charge in [-0.05, 0) is 47.9 Å². The van der Waals surface area contributed by atoms with Gasteiger partial charge in [0.1, 0.15) is 11.8 Å². The zero-order chi connectivity index (χ0) is 22.2. The Kier molecular flexibility index (Phi) is 6.83. The van der Waals surface area contributed by atoms with Crippen LogP contribution in [0.25, 0.3) is 11.1 Å². The third-order valence-corrected chi connectivity index (χ3v) is 5.14. The summed E-state index contributed by atoms with van der Waals surface area (Å²) < 4.78 is 5.66. The fourth-order valence-electron chi connectivity index (χ4n) is 3.56. The third-order valence-electron chi connectivity index (χ3n) is 5.14. The molecule has 0 saturated carbocycles. The van der Waals surface area contributed by atoms with Crippen LogP contribution in [-0.2, 0) is 4.79 Å². The van der Waals surface area contributed by atoms with E-state index in [-0.39, 0.29) is 5.91 Å². The summed E-state index contributed by atoms with van der Waals surface area (Å²) >= 11 is 0. The Balaban J connectivity index is 1.57. The van der Waals surface area contributed by atoms with Crippen LogP contribution in [0.5, 0.6) is 5.75 Å². The topological polar surface area (TPSA) is 50.4 Å². The zero-order valence-electron chi connectivity index (χ0n) is 18.0. The fraction of sp³-hybridized carbons (Fsp3) is 0.107. The van der Waals surface area contributed by atoms with E-state index >= 15 is 0 Å². The summed E-state index contributed by atoms with van der Waals surface area (Å²) in [7, 11) is 0. The first-order valence-corrected chi connectivity index (χ1v) is 10.7. The van der Waals surface area contributed by atoms with Gasteiger partial charge in [-0.15, -0.1) is 0 Å². The van der Waals surface area contributed by atoms with E-state index in [9.17, 15) is 4.79 Å². The Hall–Kier alpha value is -4.05. The van der Waals surface area contributed by atoms with E-state index in [1.165, 1.54) is 0 Å². The van der Waals surface area contributed by atoms with Crippen LogP contribution in [0.1, 0.15) is 18.5 Å². The molecule has 0 saturated heterocycles. The highest BCUT2D eigenvalue weighted by atomic mass is 16.5. The maximum absolute atomic E-state index is 13.3. The van der Waals surface area contributed by atoms with Crippen LogP contribution in [-0.4, -0.2) is 12.5 Å². The standard InChI is InChI=1S/C28H26N2O2/c1-2-32-26-16-10-9-15-25(26)30-28(31)27(23-13-7-4-8-14-23)29-24-19-17-22(18-20-24)21-11-5-3-6-12-21/h3-20,27,29H,2H2,1H3,(H,30,31)/t27-/m1/s1. The molecule has 4 rings (SSSR count). The first-order valence-electron chi connectivity index (χ1n) is 10.7. The Morgan fingerprint density at radius 3 is 2.03 bits per heavy atom. The summed E-state index contributed by atoms with van der Waals surface area (Å²) in [5.41, 5.74) is 4.69. The number of carbonyl (C=O) groups excluding carboxylic acids is 1. The molecule has 0 aromatic heterocycles. The van der Waals surface area contributed by atoms with Gasteiger partial charge in [-0.1, -0.05) is 84.9 Å². The molecule has 2 N–H and O–H groups in total. The number of ether oxygens (including phenoxy) is 1. The minimum atomic E-state index is -0.562. The highest BCUT2D eigenvalue weighted by Crippen LogP contribution is 2.28. The maximum atomic E-state index is 13.3. The number of hydrogen-bond acceptors (Lipinski definition) is 3. The number of hydrogen-bond donors (Lipinski definition) is 2. The van der Waals surface area contributed by atoms with Gasteiger partial charge in [0, 0.05) is 5.69 Å². The summed E-state index contributed by atoms with van der Waals surface area (Å²) in [5, 5.41) is 6.42. The summed E-state index contributed by atoms with van der Waals surface area (Å²) in [6.45, 7) is 2.45. The van der Waals surface area contributed by atoms with E-state index in [2.05, 4.69) is 34.9 Å². The van der Waals surface area contributed by atoms with Crippen LogP contribution in [0.3, 0.4) is 0 Å². The van der Waals surface area contributed by atoms with Crippen LogP contribution < -0.4 is 15.4 Å². The van der Waals surface area contributed by atoms with Crippen LogP contribution >= 0.6 is 0 Å². The molecule has 4 nitrogen and oxygen atoms in total. The lowest BCUT2D eigenvalue weighted by Gasteiger charge is -2.21. The molecular weight excluding hydrogens is 396 g/mol. The van der Waals surface area contributed by atoms with Crippen molar-refractivity contribution in [2.45, 2.75) is 13.0 Å². The maximum Gasteiger partial charge on any atom is 0.251 e. The quantitative estimate of drug-likeness (QED) is 0.339. The summed E-state index contributed by atoms with van der Waals surface area (Å²) in [6, 6.07) is 35.0. The molecule has 0 aliphatic carbocycles. The van der Waals surface area contributed by atoms with Gasteiger partial charge in [0.25, 0.3) is 5.91 Å². The Morgan fingerprint density at radius 2 is 1.34 bits per heavy atom. The van der Waals surface area contributed by atoms with Crippen molar-refractivity contribution in [2.75, 3.05) is 17.2 Å². The van der Waals surface area contributed by atoms with E-state index in [4.69, 9.17) is 4.74 Å². The average molecular weight is 423 g/mol. The van der Waals surface area contributed by atoms with E-state index in [0.29, 0.717) is 18.0 Å². The van der Waals surface area contributed by atoms with Gasteiger partial charge in [-0.3, -0.25) is 4.79 Å². The molecule has 160 valence electrons. The number of carbonyl (C=O) groups is 1. The predicted molar refractivity (Wildman–Crippen MR) is 131 cm³/mol. The smallest absolute Gasteiger partial charge is 0.251 e. The van der Waals surface area contributed by atoms with E-state index in [1.54, 1.807) is 0 Å². The lowest BCUT2D eigenvalue weighted by atomic mass is 10.0. The Bertz CT molecular complexity index is 1140. The van der Waals surface area contributed by atoms with Gasteiger partial charge in [-0.2, -0.15) is 0 Å². The first kappa shape index (κ1) is 21.2. The van der Waals surface area contributed by atoms with Gasteiger partial charge in [0.05, 0.1) is 12.3 Å². The van der Waals surface area contributed by atoms with Gasteiger partial charge in [0.15, 0.2) is 0 Å². The van der Waals surface area contributed by atoms with Crippen molar-refractivity contribution in [1.82, 2.24) is 0 Å². The first-order chi connectivity index (χ1) is 15.7. The molecule has 0 radical (unpaired) electrons. The molecule has 32 heavy (non-hydrogen) atoms. The molecule has 0 fully saturated rings. The number of amides is 1. The van der Waals surface area contributed by atoms with E-state index < -0.39 is 6.04 Å². The van der Waals surface area contributed by atoms with Crippen molar-refractivity contribution >= 4 is 17.3 Å². The van der Waals surface area contributed by atoms with Crippen molar-refractivity contribution in [3.05, 3.63) is 115 Å². The zero-order valence-corrected chi connectivity index (χ0v) is 18.0. The normalized spacial score (nSPS) is 11.4. The highest BCUT2D eigenvalue weighted by Gasteiger charge is 2.21. The van der Waals surface area contributed by atoms with Crippen molar-refractivity contribution in [2.24, 2.45) is 0 Å². The van der Waals surface area contributed by atoms with E-state index in [1.807, 2.05) is 91.9 Å². The molecule has 0 heterocycles. The molecule has 0 aliphatic heterocycles. The lowest BCUT2D eigenvalue weighted by Crippen LogP contribution is -2.27. The van der Waals surface area contributed by atoms with Crippen LogP contribution in [0.15, 0.2) is 109 Å². The predicted octanol–water partition coefficient (Wildman–Crippen LogP) is 6.54. The largest absolute Gasteiger partial charge is 0.492 e. The number of anilines is 2. The molecule has 4 aromatic rings. The second-order valence-corrected chi connectivity index (χ2v) is 7.35.